The van der Waals surface area contributed by atoms with E-state index in [1.165, 1.54) is 16.5 Å². The van der Waals surface area contributed by atoms with Gasteiger partial charge in [0.2, 0.25) is 0 Å². The van der Waals surface area contributed by atoms with Gasteiger partial charge in [-0.1, -0.05) is 85.0 Å². The van der Waals surface area contributed by atoms with Crippen molar-refractivity contribution in [3.8, 4) is 0 Å². The van der Waals surface area contributed by atoms with Crippen molar-refractivity contribution in [1.82, 2.24) is 4.57 Å². The molecule has 0 aliphatic rings. The Kier molecular flexibility index (Phi) is 6.37. The van der Waals surface area contributed by atoms with E-state index in [-0.39, 0.29) is 5.91 Å². The van der Waals surface area contributed by atoms with Crippen LogP contribution in [0.1, 0.15) is 23.7 Å². The number of hydrogen-bond donors (Lipinski definition) is 0. The molecule has 3 heteroatoms. The van der Waals surface area contributed by atoms with Crippen molar-refractivity contribution < 1.29 is 4.79 Å². The normalized spacial score (nSPS) is 11.9. The van der Waals surface area contributed by atoms with Gasteiger partial charge in [0.15, 0.2) is 0 Å². The van der Waals surface area contributed by atoms with E-state index in [1.807, 2.05) is 90.7 Å². The SMILES string of the molecule is C/C(=C\C=C\c1ccccc1)C(=O)N(Cc1c(C)c2ccccc2n1C)c1ccccc1. The molecule has 0 radical (unpaired) electrons. The number of carbonyl (C=O) groups excluding carboxylic acids is 1. The molecular formula is C29H28N2O. The molecule has 0 bridgehead atoms. The lowest BCUT2D eigenvalue weighted by atomic mass is 10.1. The number of rotatable bonds is 6. The van der Waals surface area contributed by atoms with Crippen LogP contribution in [0.2, 0.25) is 0 Å². The molecule has 4 aromatic rings. The molecule has 0 saturated heterocycles. The molecule has 1 aromatic heterocycles. The highest BCUT2D eigenvalue weighted by Crippen LogP contribution is 2.28. The molecule has 32 heavy (non-hydrogen) atoms. The highest BCUT2D eigenvalue weighted by molar-refractivity contribution is 6.05. The van der Waals surface area contributed by atoms with E-state index < -0.39 is 0 Å². The van der Waals surface area contributed by atoms with E-state index in [2.05, 4.69) is 42.8 Å². The molecular weight excluding hydrogens is 392 g/mol. The van der Waals surface area contributed by atoms with Crippen LogP contribution in [-0.4, -0.2) is 10.5 Å². The van der Waals surface area contributed by atoms with Crippen LogP contribution < -0.4 is 4.90 Å². The largest absolute Gasteiger partial charge is 0.346 e. The molecule has 3 aromatic carbocycles. The van der Waals surface area contributed by atoms with Crippen LogP contribution in [0.15, 0.2) is 103 Å². The lowest BCUT2D eigenvalue weighted by Gasteiger charge is -2.24. The summed E-state index contributed by atoms with van der Waals surface area (Å²) >= 11 is 0. The van der Waals surface area contributed by atoms with E-state index in [1.54, 1.807) is 0 Å². The third-order valence-corrected chi connectivity index (χ3v) is 5.90. The molecule has 3 nitrogen and oxygen atoms in total. The van der Waals surface area contributed by atoms with Gasteiger partial charge < -0.3 is 9.47 Å². The zero-order valence-electron chi connectivity index (χ0n) is 18.8. The Hall–Kier alpha value is -3.85. The first-order valence-corrected chi connectivity index (χ1v) is 10.9. The number of benzene rings is 3. The molecule has 0 fully saturated rings. The van der Waals surface area contributed by atoms with Gasteiger partial charge in [0.05, 0.1) is 6.54 Å². The van der Waals surface area contributed by atoms with Crippen molar-refractivity contribution in [1.29, 1.82) is 0 Å². The number of anilines is 1. The summed E-state index contributed by atoms with van der Waals surface area (Å²) in [5.74, 6) is -0.00133. The fourth-order valence-corrected chi connectivity index (χ4v) is 4.05. The standard InChI is InChI=1S/C29H28N2O/c1-22(13-12-16-24-14-6-4-7-15-24)29(32)31(25-17-8-5-9-18-25)21-28-23(2)26-19-10-11-20-27(26)30(28)3/h4-20H,21H2,1-3H3/b16-12+,22-13+. The first-order chi connectivity index (χ1) is 15.6. The second-order valence-electron chi connectivity index (χ2n) is 7.99. The van der Waals surface area contributed by atoms with E-state index in [0.29, 0.717) is 12.1 Å². The lowest BCUT2D eigenvalue weighted by molar-refractivity contribution is -0.115. The lowest BCUT2D eigenvalue weighted by Crippen LogP contribution is -2.32. The van der Waals surface area contributed by atoms with Crippen LogP contribution in [0, 0.1) is 6.92 Å². The Bertz CT molecular complexity index is 1240. The van der Waals surface area contributed by atoms with Crippen molar-refractivity contribution >= 4 is 28.6 Å². The van der Waals surface area contributed by atoms with E-state index in [4.69, 9.17) is 0 Å². The molecule has 160 valence electrons. The third-order valence-electron chi connectivity index (χ3n) is 5.90. The predicted molar refractivity (Wildman–Crippen MR) is 135 cm³/mol. The second kappa shape index (κ2) is 9.52. The second-order valence-corrected chi connectivity index (χ2v) is 7.99. The number of aromatic nitrogens is 1. The summed E-state index contributed by atoms with van der Waals surface area (Å²) in [5.41, 5.74) is 6.21. The molecule has 0 spiro atoms. The van der Waals surface area contributed by atoms with Crippen LogP contribution in [0.3, 0.4) is 0 Å². The summed E-state index contributed by atoms with van der Waals surface area (Å²) < 4.78 is 2.20. The van der Waals surface area contributed by atoms with E-state index in [9.17, 15) is 4.79 Å². The monoisotopic (exact) mass is 420 g/mol. The number of allylic oxidation sites excluding steroid dienone is 2. The average molecular weight is 421 g/mol. The Morgan fingerprint density at radius 2 is 1.53 bits per heavy atom. The quantitative estimate of drug-likeness (QED) is 0.252. The van der Waals surface area contributed by atoms with Crippen molar-refractivity contribution in [2.24, 2.45) is 7.05 Å². The van der Waals surface area contributed by atoms with Gasteiger partial charge in [0, 0.05) is 34.9 Å². The highest BCUT2D eigenvalue weighted by atomic mass is 16.2. The maximum atomic E-state index is 13.5. The fraction of sp³-hybridized carbons (Fsp3) is 0.138. The van der Waals surface area contributed by atoms with E-state index in [0.717, 1.165) is 16.9 Å². The Morgan fingerprint density at radius 3 is 2.22 bits per heavy atom. The topological polar surface area (TPSA) is 25.2 Å². The van der Waals surface area contributed by atoms with Crippen LogP contribution >= 0.6 is 0 Å². The van der Waals surface area contributed by atoms with Crippen molar-refractivity contribution in [3.05, 3.63) is 119 Å². The van der Waals surface area contributed by atoms with Gasteiger partial charge in [-0.15, -0.1) is 0 Å². The minimum absolute atomic E-state index is 0.00133. The summed E-state index contributed by atoms with van der Waals surface area (Å²) in [6.45, 7) is 4.52. The average Bonchev–Trinajstić information content (AvgIpc) is 3.08. The number of amides is 1. The van der Waals surface area contributed by atoms with Gasteiger partial charge in [0.25, 0.3) is 5.91 Å². The van der Waals surface area contributed by atoms with Gasteiger partial charge in [-0.3, -0.25) is 4.79 Å². The molecule has 0 N–H and O–H groups in total. The summed E-state index contributed by atoms with van der Waals surface area (Å²) in [6.07, 6.45) is 5.84. The number of aryl methyl sites for hydroxylation is 2. The van der Waals surface area contributed by atoms with Crippen LogP contribution in [0.4, 0.5) is 5.69 Å². The van der Waals surface area contributed by atoms with Crippen LogP contribution in [0.25, 0.3) is 17.0 Å². The predicted octanol–water partition coefficient (Wildman–Crippen LogP) is 6.68. The molecule has 0 atom stereocenters. The first kappa shape index (κ1) is 21.4. The van der Waals surface area contributed by atoms with Crippen LogP contribution in [-0.2, 0) is 18.4 Å². The molecule has 4 rings (SSSR count). The third kappa shape index (κ3) is 4.42. The van der Waals surface area contributed by atoms with Crippen molar-refractivity contribution in [3.63, 3.8) is 0 Å². The highest BCUT2D eigenvalue weighted by Gasteiger charge is 2.21. The Labute approximate surface area is 189 Å². The summed E-state index contributed by atoms with van der Waals surface area (Å²) in [6, 6.07) is 28.4. The number of hydrogen-bond acceptors (Lipinski definition) is 1. The first-order valence-electron chi connectivity index (χ1n) is 10.9. The van der Waals surface area contributed by atoms with Gasteiger partial charge >= 0.3 is 0 Å². The molecule has 0 saturated carbocycles. The smallest absolute Gasteiger partial charge is 0.254 e. The fourth-order valence-electron chi connectivity index (χ4n) is 4.05. The number of nitrogens with zero attached hydrogens (tertiary/aromatic N) is 2. The van der Waals surface area contributed by atoms with Crippen molar-refractivity contribution in [2.45, 2.75) is 20.4 Å². The van der Waals surface area contributed by atoms with Crippen LogP contribution in [0.5, 0.6) is 0 Å². The van der Waals surface area contributed by atoms with E-state index >= 15 is 0 Å². The molecule has 1 amide bonds. The molecule has 0 aliphatic heterocycles. The Morgan fingerprint density at radius 1 is 0.906 bits per heavy atom. The maximum absolute atomic E-state index is 13.5. The summed E-state index contributed by atoms with van der Waals surface area (Å²) in [7, 11) is 2.07. The molecule has 1 heterocycles. The minimum atomic E-state index is -0.00133. The van der Waals surface area contributed by atoms with Gasteiger partial charge in [-0.25, -0.2) is 0 Å². The maximum Gasteiger partial charge on any atom is 0.254 e. The zero-order chi connectivity index (χ0) is 22.5. The summed E-state index contributed by atoms with van der Waals surface area (Å²) in [5, 5.41) is 1.23. The number of para-hydroxylation sites is 2. The van der Waals surface area contributed by atoms with Gasteiger partial charge in [-0.2, -0.15) is 0 Å². The number of fused-ring (bicyclic) bond motifs is 1. The Balaban J connectivity index is 1.67. The number of carbonyl (C=O) groups is 1. The van der Waals surface area contributed by atoms with Gasteiger partial charge in [-0.05, 0) is 43.2 Å². The summed E-state index contributed by atoms with van der Waals surface area (Å²) in [4.78, 5) is 15.4. The zero-order valence-corrected chi connectivity index (χ0v) is 18.8. The molecule has 0 aliphatic carbocycles. The minimum Gasteiger partial charge on any atom is -0.346 e. The molecule has 0 unspecified atom stereocenters. The van der Waals surface area contributed by atoms with Crippen molar-refractivity contribution in [2.75, 3.05) is 4.90 Å². The van der Waals surface area contributed by atoms with Gasteiger partial charge in [0.1, 0.15) is 0 Å².